The van der Waals surface area contributed by atoms with Crippen LogP contribution in [-0.4, -0.2) is 53.8 Å². The number of hydrogen-bond donors (Lipinski definition) is 1. The summed E-state index contributed by atoms with van der Waals surface area (Å²) in [5.74, 6) is -1.31. The molecule has 5 heteroatoms. The van der Waals surface area contributed by atoms with Crippen molar-refractivity contribution in [1.29, 1.82) is 0 Å². The molecule has 1 amide bonds. The summed E-state index contributed by atoms with van der Waals surface area (Å²) < 4.78 is 0. The first-order valence-electron chi connectivity index (χ1n) is 9.45. The molecule has 146 valence electrons. The number of carbonyl (C=O) groups is 2. The monoisotopic (exact) mass is 378 g/mol. The number of aliphatic hydroxyl groups is 1. The topological polar surface area (TPSA) is 60.9 Å². The number of benzene rings is 2. The molecule has 1 saturated heterocycles. The van der Waals surface area contributed by atoms with Gasteiger partial charge in [-0.1, -0.05) is 60.2 Å². The van der Waals surface area contributed by atoms with Crippen molar-refractivity contribution in [2.24, 2.45) is 0 Å². The summed E-state index contributed by atoms with van der Waals surface area (Å²) in [7, 11) is 3.95. The van der Waals surface area contributed by atoms with Crippen molar-refractivity contribution in [1.82, 2.24) is 9.80 Å². The minimum absolute atomic E-state index is 0.125. The number of amides is 1. The third-order valence-electron chi connectivity index (χ3n) is 4.98. The molecule has 1 aliphatic heterocycles. The van der Waals surface area contributed by atoms with Gasteiger partial charge in [-0.25, -0.2) is 0 Å². The zero-order valence-electron chi connectivity index (χ0n) is 16.6. The molecular formula is C23H26N2O3. The van der Waals surface area contributed by atoms with Gasteiger partial charge in [-0.05, 0) is 39.5 Å². The van der Waals surface area contributed by atoms with Crippen LogP contribution in [0.15, 0.2) is 60.2 Å². The molecule has 0 spiro atoms. The number of ketones is 1. The Balaban J connectivity index is 2.07. The lowest BCUT2D eigenvalue weighted by Gasteiger charge is -2.26. The lowest BCUT2D eigenvalue weighted by Crippen LogP contribution is -2.32. The lowest BCUT2D eigenvalue weighted by molar-refractivity contribution is -0.139. The van der Waals surface area contributed by atoms with Gasteiger partial charge < -0.3 is 14.9 Å². The third-order valence-corrected chi connectivity index (χ3v) is 4.98. The summed E-state index contributed by atoms with van der Waals surface area (Å²) in [6.45, 7) is 3.25. The van der Waals surface area contributed by atoms with Gasteiger partial charge in [-0.3, -0.25) is 9.59 Å². The third kappa shape index (κ3) is 3.99. The molecule has 0 aliphatic carbocycles. The fourth-order valence-electron chi connectivity index (χ4n) is 3.51. The Morgan fingerprint density at radius 3 is 2.29 bits per heavy atom. The number of carbonyl (C=O) groups excluding carboxylic acids is 2. The molecule has 2 aromatic carbocycles. The van der Waals surface area contributed by atoms with Crippen LogP contribution >= 0.6 is 0 Å². The molecule has 1 N–H and O–H groups in total. The Morgan fingerprint density at radius 1 is 1.04 bits per heavy atom. The van der Waals surface area contributed by atoms with Gasteiger partial charge in [0, 0.05) is 12.1 Å². The molecule has 0 bridgehead atoms. The van der Waals surface area contributed by atoms with E-state index >= 15 is 0 Å². The van der Waals surface area contributed by atoms with Gasteiger partial charge in [0.25, 0.3) is 11.7 Å². The fraction of sp³-hybridized carbons (Fsp3) is 0.304. The molecule has 3 rings (SSSR count). The quantitative estimate of drug-likeness (QED) is 0.476. The maximum Gasteiger partial charge on any atom is 0.295 e. The molecule has 1 heterocycles. The minimum Gasteiger partial charge on any atom is -0.507 e. The minimum atomic E-state index is -0.628. The predicted octanol–water partition coefficient (Wildman–Crippen LogP) is 3.37. The first-order valence-corrected chi connectivity index (χ1v) is 9.45. The summed E-state index contributed by atoms with van der Waals surface area (Å²) in [6.07, 6.45) is 0.744. The Labute approximate surface area is 165 Å². The van der Waals surface area contributed by atoms with E-state index in [-0.39, 0.29) is 11.3 Å². The molecule has 1 atom stereocenters. The SMILES string of the molecule is Cc1ccc(C2/C(=C(\O)c3ccccc3)C(=O)C(=O)N2CCCN(C)C)cc1. The number of rotatable bonds is 6. The summed E-state index contributed by atoms with van der Waals surface area (Å²) in [5.41, 5.74) is 2.61. The highest BCUT2D eigenvalue weighted by atomic mass is 16.3. The van der Waals surface area contributed by atoms with Crippen LogP contribution in [0.1, 0.15) is 29.2 Å². The van der Waals surface area contributed by atoms with Crippen molar-refractivity contribution in [3.63, 3.8) is 0 Å². The van der Waals surface area contributed by atoms with Crippen molar-refractivity contribution in [3.8, 4) is 0 Å². The van der Waals surface area contributed by atoms with E-state index in [4.69, 9.17) is 0 Å². The van der Waals surface area contributed by atoms with Crippen molar-refractivity contribution >= 4 is 17.4 Å². The predicted molar refractivity (Wildman–Crippen MR) is 110 cm³/mol. The van der Waals surface area contributed by atoms with Crippen LogP contribution in [0, 0.1) is 6.92 Å². The van der Waals surface area contributed by atoms with E-state index in [0.29, 0.717) is 12.1 Å². The normalized spacial score (nSPS) is 18.9. The van der Waals surface area contributed by atoms with E-state index in [1.807, 2.05) is 56.3 Å². The highest BCUT2D eigenvalue weighted by Crippen LogP contribution is 2.39. The van der Waals surface area contributed by atoms with E-state index in [9.17, 15) is 14.7 Å². The molecule has 1 unspecified atom stereocenters. The molecule has 0 aromatic heterocycles. The Bertz CT molecular complexity index is 886. The second kappa shape index (κ2) is 8.40. The maximum atomic E-state index is 12.9. The number of aliphatic hydroxyl groups excluding tert-OH is 1. The molecule has 2 aromatic rings. The number of Topliss-reactive ketones (excluding diaryl/α,β-unsaturated/α-hetero) is 1. The first kappa shape index (κ1) is 19.8. The molecule has 5 nitrogen and oxygen atoms in total. The van der Waals surface area contributed by atoms with Crippen LogP contribution < -0.4 is 0 Å². The molecular weight excluding hydrogens is 352 g/mol. The van der Waals surface area contributed by atoms with Gasteiger partial charge in [-0.2, -0.15) is 0 Å². The summed E-state index contributed by atoms with van der Waals surface area (Å²) in [6, 6.07) is 16.1. The zero-order valence-corrected chi connectivity index (χ0v) is 16.6. The zero-order chi connectivity index (χ0) is 20.3. The second-order valence-electron chi connectivity index (χ2n) is 7.43. The van der Waals surface area contributed by atoms with Gasteiger partial charge >= 0.3 is 0 Å². The Hall–Kier alpha value is -2.92. The maximum absolute atomic E-state index is 12.9. The summed E-state index contributed by atoms with van der Waals surface area (Å²) in [5, 5.41) is 10.9. The average Bonchev–Trinajstić information content (AvgIpc) is 2.93. The first-order chi connectivity index (χ1) is 13.4. The van der Waals surface area contributed by atoms with Crippen LogP contribution in [0.3, 0.4) is 0 Å². The van der Waals surface area contributed by atoms with E-state index in [0.717, 1.165) is 24.1 Å². The smallest absolute Gasteiger partial charge is 0.295 e. The van der Waals surface area contributed by atoms with Gasteiger partial charge in [0.1, 0.15) is 5.76 Å². The van der Waals surface area contributed by atoms with Crippen molar-refractivity contribution in [2.45, 2.75) is 19.4 Å². The number of aryl methyl sites for hydroxylation is 1. The highest BCUT2D eigenvalue weighted by Gasteiger charge is 2.45. The van der Waals surface area contributed by atoms with E-state index in [1.54, 1.807) is 29.2 Å². The average molecular weight is 378 g/mol. The largest absolute Gasteiger partial charge is 0.507 e. The van der Waals surface area contributed by atoms with Crippen LogP contribution in [0.4, 0.5) is 0 Å². The summed E-state index contributed by atoms with van der Waals surface area (Å²) in [4.78, 5) is 29.3. The van der Waals surface area contributed by atoms with Gasteiger partial charge in [0.15, 0.2) is 0 Å². The van der Waals surface area contributed by atoms with Gasteiger partial charge in [0.2, 0.25) is 0 Å². The number of likely N-dealkylation sites (tertiary alicyclic amines) is 1. The molecule has 1 aliphatic rings. The van der Waals surface area contributed by atoms with E-state index < -0.39 is 17.7 Å². The Morgan fingerprint density at radius 2 is 1.68 bits per heavy atom. The van der Waals surface area contributed by atoms with Crippen LogP contribution in [0.2, 0.25) is 0 Å². The number of nitrogens with zero attached hydrogens (tertiary/aromatic N) is 2. The van der Waals surface area contributed by atoms with Crippen LogP contribution in [-0.2, 0) is 9.59 Å². The van der Waals surface area contributed by atoms with E-state index in [2.05, 4.69) is 0 Å². The number of hydrogen-bond acceptors (Lipinski definition) is 4. The standard InChI is InChI=1S/C23H26N2O3/c1-16-10-12-17(13-11-16)20-19(21(26)18-8-5-4-6-9-18)22(27)23(28)25(20)15-7-14-24(2)3/h4-6,8-13,20,26H,7,14-15H2,1-3H3/b21-19+. The molecule has 0 radical (unpaired) electrons. The molecule has 1 fully saturated rings. The summed E-state index contributed by atoms with van der Waals surface area (Å²) >= 11 is 0. The van der Waals surface area contributed by atoms with Gasteiger partial charge in [-0.15, -0.1) is 0 Å². The van der Waals surface area contributed by atoms with Crippen LogP contribution in [0.25, 0.3) is 5.76 Å². The Kier molecular flexibility index (Phi) is 5.95. The molecule has 28 heavy (non-hydrogen) atoms. The van der Waals surface area contributed by atoms with E-state index in [1.165, 1.54) is 0 Å². The van der Waals surface area contributed by atoms with Crippen molar-refractivity contribution in [2.75, 3.05) is 27.2 Å². The second-order valence-corrected chi connectivity index (χ2v) is 7.43. The van der Waals surface area contributed by atoms with Crippen molar-refractivity contribution < 1.29 is 14.7 Å². The molecule has 0 saturated carbocycles. The van der Waals surface area contributed by atoms with Crippen LogP contribution in [0.5, 0.6) is 0 Å². The highest BCUT2D eigenvalue weighted by molar-refractivity contribution is 6.46. The van der Waals surface area contributed by atoms with Gasteiger partial charge in [0.05, 0.1) is 11.6 Å². The lowest BCUT2D eigenvalue weighted by atomic mass is 9.94. The fourth-order valence-corrected chi connectivity index (χ4v) is 3.51. The van der Waals surface area contributed by atoms with Crippen molar-refractivity contribution in [3.05, 3.63) is 76.9 Å².